The van der Waals surface area contributed by atoms with Gasteiger partial charge in [-0.2, -0.15) is 0 Å². The number of rotatable bonds is 18. The van der Waals surface area contributed by atoms with Gasteiger partial charge in [0.15, 0.2) is 0 Å². The van der Waals surface area contributed by atoms with Crippen LogP contribution in [-0.2, 0) is 33.5 Å². The van der Waals surface area contributed by atoms with Crippen molar-refractivity contribution in [1.29, 1.82) is 0 Å². The van der Waals surface area contributed by atoms with E-state index in [4.69, 9.17) is 10.5 Å². The molecule has 3 aromatic carbocycles. The number of nitrogens with two attached hydrogens (primary N) is 1. The molecule has 1 saturated heterocycles. The van der Waals surface area contributed by atoms with Gasteiger partial charge in [0.2, 0.25) is 29.4 Å². The van der Waals surface area contributed by atoms with Crippen molar-refractivity contribution < 1.29 is 43.1 Å². The number of likely N-dealkylation sites (tertiary alicyclic amines) is 1. The van der Waals surface area contributed by atoms with Crippen LogP contribution < -0.4 is 37.6 Å². The number of fused-ring (bicyclic) bond motifs is 1. The van der Waals surface area contributed by atoms with E-state index in [-0.39, 0.29) is 37.8 Å². The second kappa shape index (κ2) is 22.4. The summed E-state index contributed by atoms with van der Waals surface area (Å²) in [5, 5.41) is 17.7. The van der Waals surface area contributed by atoms with E-state index in [0.29, 0.717) is 30.5 Å². The van der Waals surface area contributed by atoms with Crippen LogP contribution in [0.5, 0.6) is 0 Å². The maximum atomic E-state index is 14.7. The van der Waals surface area contributed by atoms with Crippen LogP contribution in [0, 0.1) is 11.8 Å². The monoisotopic (exact) mass is 854 g/mol. The number of ether oxygens (including phenoxy) is 1. The fourth-order valence-corrected chi connectivity index (χ4v) is 7.96. The first-order valence-electron chi connectivity index (χ1n) is 21.3. The third-order valence-corrected chi connectivity index (χ3v) is 11.0. The topological polar surface area (TPSA) is 247 Å². The summed E-state index contributed by atoms with van der Waals surface area (Å²) in [4.78, 5) is 108. The molecule has 5 rings (SSSR count). The molecule has 332 valence electrons. The highest BCUT2D eigenvalue weighted by atomic mass is 16.5. The Bertz CT molecular complexity index is 2090. The van der Waals surface area contributed by atoms with Gasteiger partial charge in [0.05, 0.1) is 30.9 Å². The molecule has 1 aliphatic carbocycles. The van der Waals surface area contributed by atoms with Gasteiger partial charge in [-0.3, -0.25) is 28.8 Å². The second-order valence-electron chi connectivity index (χ2n) is 16.3. The third-order valence-electron chi connectivity index (χ3n) is 11.0. The van der Waals surface area contributed by atoms with Crippen LogP contribution in [0.4, 0.5) is 15.3 Å². The van der Waals surface area contributed by atoms with Crippen molar-refractivity contribution in [3.05, 3.63) is 78.4 Å². The summed E-state index contributed by atoms with van der Waals surface area (Å²) in [5.41, 5.74) is 6.48. The number of carbonyl (C=O) groups is 8. The number of hydrogen-bond donors (Lipinski definition) is 7. The summed E-state index contributed by atoms with van der Waals surface area (Å²) in [6.07, 6.45) is 3.63. The molecule has 62 heavy (non-hydrogen) atoms. The van der Waals surface area contributed by atoms with Crippen LogP contribution in [0.25, 0.3) is 10.8 Å². The number of anilines is 1. The minimum atomic E-state index is -1.34. The highest BCUT2D eigenvalue weighted by molar-refractivity contribution is 6.38. The lowest BCUT2D eigenvalue weighted by molar-refractivity contribution is -0.143. The van der Waals surface area contributed by atoms with Gasteiger partial charge >= 0.3 is 12.1 Å². The maximum absolute atomic E-state index is 14.7. The summed E-state index contributed by atoms with van der Waals surface area (Å²) in [6.45, 7) is 4.91. The van der Waals surface area contributed by atoms with Crippen LogP contribution >= 0.6 is 0 Å². The summed E-state index contributed by atoms with van der Waals surface area (Å²) in [5.74, 6) is -5.27. The lowest BCUT2D eigenvalue weighted by Crippen LogP contribution is -2.58. The third kappa shape index (κ3) is 12.8. The van der Waals surface area contributed by atoms with Gasteiger partial charge in [-0.05, 0) is 54.5 Å². The first-order chi connectivity index (χ1) is 29.7. The number of alkyl carbamates (subject to hydrolysis) is 1. The molecule has 1 unspecified atom stereocenters. The molecule has 17 nitrogen and oxygen atoms in total. The Kier molecular flexibility index (Phi) is 16.8. The second-order valence-corrected chi connectivity index (χ2v) is 16.3. The number of carbonyl (C=O) groups excluding carboxylic acids is 8. The van der Waals surface area contributed by atoms with Crippen LogP contribution in [0.1, 0.15) is 83.7 Å². The Morgan fingerprint density at radius 2 is 1.53 bits per heavy atom. The van der Waals surface area contributed by atoms with E-state index >= 15 is 0 Å². The Labute approximate surface area is 361 Å². The first kappa shape index (κ1) is 46.5. The fourth-order valence-electron chi connectivity index (χ4n) is 7.96. The van der Waals surface area contributed by atoms with Crippen molar-refractivity contribution in [3.8, 4) is 0 Å². The molecule has 1 aliphatic heterocycles. The molecular formula is C45H58N8O9. The SMILES string of the molecule is CCCC(NC(=O)[C@@H]1C[C@@H](NC(=O)Nc2cccc3ccccc23)CN1C(=O)[C@@H](NC(=O)OCC(C)C)C1CCCCC1)C(=O)C(=O)NCC(=O)N[C@H](C(N)=O)c1ccccc1. The van der Waals surface area contributed by atoms with Crippen LogP contribution in [-0.4, -0.2) is 96.2 Å². The highest BCUT2D eigenvalue weighted by Crippen LogP contribution is 2.30. The standard InChI is InChI=1S/C45H58N8O9/c1-4-14-34(39(55)42(58)47-24-36(54)51-37(40(46)56)29-16-7-5-8-17-29)49-41(57)35-23-31(48-44(60)50-33-22-13-20-28-15-11-12-21-32(28)33)25-53(35)43(59)38(30-18-9-6-10-19-30)52-45(61)62-26-27(2)3/h5,7-8,11-13,15-17,20-22,27,30-31,34-35,37-38H,4,6,9-10,14,18-19,23-26H2,1-3H3,(H2,46,56)(H,47,58)(H,49,57)(H,51,54)(H,52,61)(H2,48,50,60)/t31-,34?,35+,37+,38+/m1/s1. The smallest absolute Gasteiger partial charge is 0.407 e. The minimum Gasteiger partial charge on any atom is -0.449 e. The summed E-state index contributed by atoms with van der Waals surface area (Å²) in [6, 6.07) is 15.2. The lowest BCUT2D eigenvalue weighted by Gasteiger charge is -2.34. The Morgan fingerprint density at radius 1 is 0.839 bits per heavy atom. The van der Waals surface area contributed by atoms with E-state index in [2.05, 4.69) is 31.9 Å². The number of Topliss-reactive ketones (excluding diaryl/α,β-unsaturated/α-hetero) is 1. The summed E-state index contributed by atoms with van der Waals surface area (Å²) >= 11 is 0. The number of benzene rings is 3. The molecular weight excluding hydrogens is 797 g/mol. The van der Waals surface area contributed by atoms with Gasteiger partial charge in [0.25, 0.3) is 5.91 Å². The van der Waals surface area contributed by atoms with E-state index in [1.54, 1.807) is 43.3 Å². The Balaban J connectivity index is 1.32. The van der Waals surface area contributed by atoms with Crippen LogP contribution in [0.15, 0.2) is 72.8 Å². The van der Waals surface area contributed by atoms with Gasteiger partial charge < -0.3 is 47.3 Å². The Hall–Kier alpha value is -6.52. The van der Waals surface area contributed by atoms with Crippen molar-refractivity contribution in [2.24, 2.45) is 17.6 Å². The van der Waals surface area contributed by atoms with E-state index in [1.165, 1.54) is 4.90 Å². The van der Waals surface area contributed by atoms with Crippen molar-refractivity contribution in [2.75, 3.05) is 25.0 Å². The number of hydrogen-bond acceptors (Lipinski definition) is 9. The van der Waals surface area contributed by atoms with Crippen LogP contribution in [0.2, 0.25) is 0 Å². The number of nitrogens with zero attached hydrogens (tertiary/aromatic N) is 1. The molecule has 0 spiro atoms. The van der Waals surface area contributed by atoms with Crippen molar-refractivity contribution in [2.45, 2.75) is 102 Å². The quantitative estimate of drug-likeness (QED) is 0.0924. The molecule has 3 aromatic rings. The van der Waals surface area contributed by atoms with Gasteiger partial charge in [-0.15, -0.1) is 0 Å². The molecule has 0 radical (unpaired) electrons. The predicted molar refractivity (Wildman–Crippen MR) is 231 cm³/mol. The maximum Gasteiger partial charge on any atom is 0.407 e. The number of ketones is 1. The van der Waals surface area contributed by atoms with Gasteiger partial charge in [0.1, 0.15) is 18.1 Å². The molecule has 2 fully saturated rings. The molecule has 8 amide bonds. The average Bonchev–Trinajstić information content (AvgIpc) is 3.69. The zero-order chi connectivity index (χ0) is 44.8. The molecule has 1 heterocycles. The normalized spacial score (nSPS) is 17.8. The predicted octanol–water partition coefficient (Wildman–Crippen LogP) is 3.57. The molecule has 2 aliphatic rings. The number of primary amides is 1. The lowest BCUT2D eigenvalue weighted by atomic mass is 9.83. The van der Waals surface area contributed by atoms with E-state index in [0.717, 1.165) is 30.0 Å². The number of amides is 8. The van der Waals surface area contributed by atoms with Gasteiger partial charge in [-0.1, -0.05) is 113 Å². The average molecular weight is 855 g/mol. The largest absolute Gasteiger partial charge is 0.449 e. The summed E-state index contributed by atoms with van der Waals surface area (Å²) in [7, 11) is 0. The molecule has 5 atom stereocenters. The molecule has 0 bridgehead atoms. The number of nitrogens with one attached hydrogen (secondary N) is 6. The zero-order valence-corrected chi connectivity index (χ0v) is 35.4. The van der Waals surface area contributed by atoms with E-state index < -0.39 is 84.2 Å². The zero-order valence-electron chi connectivity index (χ0n) is 35.4. The number of urea groups is 1. The van der Waals surface area contributed by atoms with Gasteiger partial charge in [0, 0.05) is 11.9 Å². The minimum absolute atomic E-state index is 0.0441. The fraction of sp³-hybridized carbons (Fsp3) is 0.467. The van der Waals surface area contributed by atoms with Crippen LogP contribution in [0.3, 0.4) is 0 Å². The molecule has 8 N–H and O–H groups in total. The highest BCUT2D eigenvalue weighted by Gasteiger charge is 2.45. The summed E-state index contributed by atoms with van der Waals surface area (Å²) < 4.78 is 5.40. The van der Waals surface area contributed by atoms with E-state index in [9.17, 15) is 38.4 Å². The van der Waals surface area contributed by atoms with Crippen molar-refractivity contribution in [3.63, 3.8) is 0 Å². The molecule has 17 heteroatoms. The molecule has 1 saturated carbocycles. The van der Waals surface area contributed by atoms with E-state index in [1.807, 2.05) is 50.2 Å². The van der Waals surface area contributed by atoms with Crippen molar-refractivity contribution >= 4 is 63.9 Å². The van der Waals surface area contributed by atoms with Crippen molar-refractivity contribution in [1.82, 2.24) is 31.5 Å². The molecule has 0 aromatic heterocycles. The first-order valence-corrected chi connectivity index (χ1v) is 21.3. The Morgan fingerprint density at radius 3 is 2.23 bits per heavy atom. The van der Waals surface area contributed by atoms with Gasteiger partial charge in [-0.25, -0.2) is 9.59 Å².